The molecule has 0 aliphatic carbocycles. The Bertz CT molecular complexity index is 383. The number of nitrogens with zero attached hydrogens (tertiary/aromatic N) is 4. The highest BCUT2D eigenvalue weighted by molar-refractivity contribution is 4.73. The van der Waals surface area contributed by atoms with Gasteiger partial charge in [-0.15, -0.1) is 0 Å². The maximum atomic E-state index is 2.58. The molecule has 0 aromatic rings. The van der Waals surface area contributed by atoms with Gasteiger partial charge >= 0.3 is 0 Å². The Labute approximate surface area is 238 Å². The molecule has 0 saturated carbocycles. The first-order valence-corrected chi connectivity index (χ1v) is 16.0. The zero-order valence-corrected chi connectivity index (χ0v) is 28.2. The van der Waals surface area contributed by atoms with Crippen LogP contribution in [0.1, 0.15) is 130 Å². The van der Waals surface area contributed by atoms with Crippen LogP contribution >= 0.6 is 0 Å². The van der Waals surface area contributed by atoms with Crippen LogP contribution in [-0.2, 0) is 0 Å². The number of likely N-dealkylation sites (N-methyl/N-ethyl adjacent to an activating group) is 1. The molecule has 37 heavy (non-hydrogen) atoms. The summed E-state index contributed by atoms with van der Waals surface area (Å²) in [6.45, 7) is 40.6. The maximum absolute atomic E-state index is 2.58. The van der Waals surface area contributed by atoms with E-state index >= 15 is 0 Å². The van der Waals surface area contributed by atoms with Gasteiger partial charge in [0.15, 0.2) is 0 Å². The van der Waals surface area contributed by atoms with Crippen molar-refractivity contribution in [2.75, 3.05) is 59.4 Å². The fraction of sp³-hybridized carbons (Fsp3) is 1.00. The van der Waals surface area contributed by atoms with E-state index in [-0.39, 0.29) is 7.43 Å². The van der Waals surface area contributed by atoms with Gasteiger partial charge in [-0.3, -0.25) is 4.90 Å². The average molecular weight is 531 g/mol. The summed E-state index contributed by atoms with van der Waals surface area (Å²) in [6, 6.07) is 2.24. The highest BCUT2D eigenvalue weighted by atomic mass is 15.3. The largest absolute Gasteiger partial charge is 0.304 e. The Morgan fingerprint density at radius 2 is 0.865 bits per heavy atom. The molecule has 4 heteroatoms. The Morgan fingerprint density at radius 3 is 1.19 bits per heavy atom. The Balaban J connectivity index is -0.000000197. The summed E-state index contributed by atoms with van der Waals surface area (Å²) in [6.07, 6.45) is 5.64. The number of rotatable bonds is 3. The summed E-state index contributed by atoms with van der Waals surface area (Å²) in [5.74, 6) is 1.89. The molecule has 1 atom stereocenters. The summed E-state index contributed by atoms with van der Waals surface area (Å²) < 4.78 is 0. The van der Waals surface area contributed by atoms with Gasteiger partial charge in [0.05, 0.1) is 0 Å². The molecule has 3 aliphatic heterocycles. The topological polar surface area (TPSA) is 13.0 Å². The average Bonchev–Trinajstić information content (AvgIpc) is 2.89. The third kappa shape index (κ3) is 23.4. The van der Waals surface area contributed by atoms with Crippen molar-refractivity contribution < 1.29 is 0 Å². The first-order valence-electron chi connectivity index (χ1n) is 16.0. The molecule has 3 fully saturated rings. The fourth-order valence-corrected chi connectivity index (χ4v) is 4.58. The highest BCUT2D eigenvalue weighted by Gasteiger charge is 2.18. The fourth-order valence-electron chi connectivity index (χ4n) is 4.58. The van der Waals surface area contributed by atoms with Crippen molar-refractivity contribution in [3.05, 3.63) is 0 Å². The van der Waals surface area contributed by atoms with Crippen LogP contribution in [0.2, 0.25) is 0 Å². The predicted octanol–water partition coefficient (Wildman–Crippen LogP) is 8.61. The molecule has 0 aromatic heterocycles. The van der Waals surface area contributed by atoms with Crippen LogP contribution in [0.25, 0.3) is 0 Å². The maximum Gasteiger partial charge on any atom is 0.0112 e. The van der Waals surface area contributed by atoms with Crippen LogP contribution in [0.15, 0.2) is 0 Å². The molecule has 3 saturated heterocycles. The van der Waals surface area contributed by atoms with Crippen molar-refractivity contribution in [3.63, 3.8) is 0 Å². The summed E-state index contributed by atoms with van der Waals surface area (Å²) >= 11 is 0. The highest BCUT2D eigenvalue weighted by Crippen LogP contribution is 2.18. The van der Waals surface area contributed by atoms with E-state index < -0.39 is 0 Å². The van der Waals surface area contributed by atoms with Gasteiger partial charge in [0.1, 0.15) is 0 Å². The molecule has 4 nitrogen and oxygen atoms in total. The molecular formula is C33H78N4. The van der Waals surface area contributed by atoms with Crippen molar-refractivity contribution in [2.24, 2.45) is 11.8 Å². The van der Waals surface area contributed by atoms with E-state index in [1.165, 1.54) is 78.0 Å². The lowest BCUT2D eigenvalue weighted by atomic mass is 9.98. The van der Waals surface area contributed by atoms with Gasteiger partial charge in [0, 0.05) is 50.8 Å². The van der Waals surface area contributed by atoms with Crippen LogP contribution in [0.4, 0.5) is 0 Å². The first-order chi connectivity index (χ1) is 17.1. The van der Waals surface area contributed by atoms with E-state index in [1.54, 1.807) is 0 Å². The summed E-state index contributed by atoms with van der Waals surface area (Å²) in [4.78, 5) is 10.1. The number of piperidine rings is 2. The van der Waals surface area contributed by atoms with E-state index in [1.807, 2.05) is 41.5 Å². The van der Waals surface area contributed by atoms with Gasteiger partial charge < -0.3 is 14.7 Å². The quantitative estimate of drug-likeness (QED) is 0.362. The SMILES string of the molecule is C.CC.CC.CC.CC(C)N1CCN(C)CC1.CC1CCCN(C(C)C)C1.CC1CCN(C(C)C)CC1. The standard InChI is InChI=1S/2C9H19N.C8H18N2.3C2H6.CH4/c1-8(2)10-6-4-9(3)5-7-10;1-8(2)10-6-4-5-9(3)7-10;1-8(2)10-6-4-9(3)5-7-10;3*1-2;/h2*8-9H,4-7H2,1-3H3;8H,4-7H2,1-3H3;3*1-2H3;1H4. The van der Waals surface area contributed by atoms with Gasteiger partial charge in [-0.1, -0.05) is 62.8 Å². The minimum absolute atomic E-state index is 0. The van der Waals surface area contributed by atoms with Gasteiger partial charge in [-0.05, 0) is 106 Å². The lowest BCUT2D eigenvalue weighted by molar-refractivity contribution is 0.126. The van der Waals surface area contributed by atoms with Crippen molar-refractivity contribution in [1.29, 1.82) is 0 Å². The van der Waals surface area contributed by atoms with E-state index in [9.17, 15) is 0 Å². The molecule has 1 unspecified atom stereocenters. The monoisotopic (exact) mass is 531 g/mol. The van der Waals surface area contributed by atoms with Gasteiger partial charge in [-0.2, -0.15) is 0 Å². The predicted molar refractivity (Wildman–Crippen MR) is 175 cm³/mol. The van der Waals surface area contributed by atoms with E-state index in [2.05, 4.69) is 82.0 Å². The van der Waals surface area contributed by atoms with Crippen LogP contribution in [0.5, 0.6) is 0 Å². The number of piperazine rings is 1. The molecule has 3 heterocycles. The number of hydrogen-bond donors (Lipinski definition) is 0. The molecule has 0 radical (unpaired) electrons. The van der Waals surface area contributed by atoms with Crippen LogP contribution in [0, 0.1) is 11.8 Å². The summed E-state index contributed by atoms with van der Waals surface area (Å²) in [7, 11) is 2.19. The second-order valence-electron chi connectivity index (χ2n) is 11.1. The van der Waals surface area contributed by atoms with E-state index in [0.29, 0.717) is 0 Å². The van der Waals surface area contributed by atoms with E-state index in [4.69, 9.17) is 0 Å². The van der Waals surface area contributed by atoms with Crippen molar-refractivity contribution in [3.8, 4) is 0 Å². The molecule has 0 aromatic carbocycles. The summed E-state index contributed by atoms with van der Waals surface area (Å²) in [5, 5.41) is 0. The van der Waals surface area contributed by atoms with Crippen molar-refractivity contribution >= 4 is 0 Å². The molecule has 0 spiro atoms. The Kier molecular flexibility index (Phi) is 34.2. The van der Waals surface area contributed by atoms with Crippen molar-refractivity contribution in [2.45, 2.75) is 148 Å². The molecule has 0 bridgehead atoms. The number of likely N-dealkylation sites (tertiary alicyclic amines) is 2. The van der Waals surface area contributed by atoms with Crippen LogP contribution in [0.3, 0.4) is 0 Å². The zero-order valence-electron chi connectivity index (χ0n) is 28.2. The minimum atomic E-state index is 0. The van der Waals surface area contributed by atoms with Crippen LogP contribution < -0.4 is 0 Å². The van der Waals surface area contributed by atoms with Gasteiger partial charge in [-0.25, -0.2) is 0 Å². The summed E-state index contributed by atoms with van der Waals surface area (Å²) in [5.41, 5.74) is 0. The molecule has 230 valence electrons. The lowest BCUT2D eigenvalue weighted by Crippen LogP contribution is -2.47. The molecule has 0 amide bonds. The minimum Gasteiger partial charge on any atom is -0.304 e. The van der Waals surface area contributed by atoms with Crippen LogP contribution in [-0.4, -0.2) is 97.1 Å². The van der Waals surface area contributed by atoms with Crippen molar-refractivity contribution in [1.82, 2.24) is 19.6 Å². The second-order valence-corrected chi connectivity index (χ2v) is 11.1. The normalized spacial score (nSPS) is 21.4. The Hall–Kier alpha value is -0.160. The van der Waals surface area contributed by atoms with E-state index in [0.717, 1.165) is 30.0 Å². The lowest BCUT2D eigenvalue weighted by Gasteiger charge is -2.34. The third-order valence-electron chi connectivity index (χ3n) is 7.24. The first kappa shape index (κ1) is 43.9. The number of hydrogen-bond acceptors (Lipinski definition) is 4. The Morgan fingerprint density at radius 1 is 0.486 bits per heavy atom. The molecular weight excluding hydrogens is 452 g/mol. The molecule has 3 rings (SSSR count). The van der Waals surface area contributed by atoms with Gasteiger partial charge in [0.2, 0.25) is 0 Å². The smallest absolute Gasteiger partial charge is 0.0112 e. The zero-order chi connectivity index (χ0) is 28.7. The van der Waals surface area contributed by atoms with Gasteiger partial charge in [0.25, 0.3) is 0 Å². The second kappa shape index (κ2) is 28.8. The molecule has 0 N–H and O–H groups in total. The molecule has 3 aliphatic rings. The third-order valence-corrected chi connectivity index (χ3v) is 7.24.